The van der Waals surface area contributed by atoms with E-state index >= 15 is 0 Å². The van der Waals surface area contributed by atoms with E-state index in [1.165, 1.54) is 109 Å². The van der Waals surface area contributed by atoms with Crippen molar-refractivity contribution in [3.05, 3.63) is 134 Å². The van der Waals surface area contributed by atoms with Crippen LogP contribution in [-0.4, -0.2) is 37.2 Å². The van der Waals surface area contributed by atoms with Crippen LogP contribution < -0.4 is 0 Å². The molecule has 466 valence electrons. The van der Waals surface area contributed by atoms with Crippen LogP contribution in [0.1, 0.15) is 310 Å². The third-order valence-electron chi connectivity index (χ3n) is 14.4. The van der Waals surface area contributed by atoms with E-state index in [1.807, 2.05) is 0 Å². The van der Waals surface area contributed by atoms with Crippen LogP contribution in [-0.2, 0) is 28.6 Å². The number of esters is 3. The SMILES string of the molecule is CC/C=C\C/C=C\C/C=C\C/C=C\C/C=C\C/C=C\C/C=C\CCCCCCCC(=O)OCC(COC(=O)CCCCCC/C=C\C/C=C\C/C=C\C/C=C\CC)OC(=O)CCCCCCCCCCCCCCCCCCCCCC. The second-order valence-electron chi connectivity index (χ2n) is 22.3. The molecular formula is C76H126O6. The zero-order valence-electron chi connectivity index (χ0n) is 53.5. The molecule has 0 rings (SSSR count). The topological polar surface area (TPSA) is 78.9 Å². The summed E-state index contributed by atoms with van der Waals surface area (Å²) in [5, 5.41) is 0. The molecule has 0 spiro atoms. The first-order chi connectivity index (χ1) is 40.5. The third kappa shape index (κ3) is 66.4. The summed E-state index contributed by atoms with van der Waals surface area (Å²) in [5.74, 6) is -0.929. The number of ether oxygens (including phenoxy) is 3. The molecule has 0 aliphatic rings. The Balaban J connectivity index is 4.44. The summed E-state index contributed by atoms with van der Waals surface area (Å²) >= 11 is 0. The molecule has 0 radical (unpaired) electrons. The smallest absolute Gasteiger partial charge is 0.306 e. The van der Waals surface area contributed by atoms with Crippen molar-refractivity contribution in [3.8, 4) is 0 Å². The molecule has 6 nitrogen and oxygen atoms in total. The standard InChI is InChI=1S/C76H126O6/c1-4-7-10-13-16-19-22-25-28-31-33-35-36-37-38-39-40-41-43-45-48-51-54-57-60-63-66-69-75(78)81-72-73(71-80-74(77)68-65-62-59-56-53-50-47-44-30-27-24-21-18-15-12-9-6-3)82-76(79)70-67-64-61-58-55-52-49-46-42-34-32-29-26-23-20-17-14-11-8-5-2/h7,9-10,12,16,18-19,21,25,27-28,30,33,35,37-38,40-41,45,47-48,50,73H,4-6,8,11,13-15,17,20,22-24,26,29,31-32,34,36,39,42-44,46,49,51-72H2,1-3H3/b10-7-,12-9-,19-16-,21-18-,28-25-,30-27-,35-33-,38-37-,41-40-,48-45-,50-47-. The molecule has 0 aromatic rings. The van der Waals surface area contributed by atoms with E-state index in [2.05, 4.69) is 154 Å². The molecular weight excluding hydrogens is 1010 g/mol. The molecule has 0 amide bonds. The molecule has 0 fully saturated rings. The fourth-order valence-electron chi connectivity index (χ4n) is 9.36. The zero-order valence-corrected chi connectivity index (χ0v) is 53.5. The summed E-state index contributed by atoms with van der Waals surface area (Å²) in [7, 11) is 0. The first-order valence-electron chi connectivity index (χ1n) is 34.2. The summed E-state index contributed by atoms with van der Waals surface area (Å²) in [6.07, 6.45) is 97.5. The lowest BCUT2D eigenvalue weighted by Crippen LogP contribution is -2.30. The number of carbonyl (C=O) groups excluding carboxylic acids is 3. The van der Waals surface area contributed by atoms with Gasteiger partial charge in [0.1, 0.15) is 13.2 Å². The third-order valence-corrected chi connectivity index (χ3v) is 14.4. The maximum atomic E-state index is 13.0. The average molecular weight is 1140 g/mol. The molecule has 0 heterocycles. The van der Waals surface area contributed by atoms with E-state index in [0.29, 0.717) is 19.3 Å². The lowest BCUT2D eigenvalue weighted by Gasteiger charge is -2.18. The van der Waals surface area contributed by atoms with Gasteiger partial charge in [-0.3, -0.25) is 14.4 Å². The van der Waals surface area contributed by atoms with Gasteiger partial charge in [0.25, 0.3) is 0 Å². The summed E-state index contributed by atoms with van der Waals surface area (Å²) in [5.41, 5.74) is 0. The normalized spacial score (nSPS) is 13.0. The number of rotatable bonds is 61. The molecule has 0 aromatic heterocycles. The second kappa shape index (κ2) is 69.0. The van der Waals surface area contributed by atoms with Crippen LogP contribution in [0.15, 0.2) is 134 Å². The van der Waals surface area contributed by atoms with Crippen molar-refractivity contribution in [3.63, 3.8) is 0 Å². The van der Waals surface area contributed by atoms with Crippen LogP contribution in [0, 0.1) is 0 Å². The molecule has 0 aliphatic heterocycles. The Kier molecular flexibility index (Phi) is 65.3. The van der Waals surface area contributed by atoms with Gasteiger partial charge < -0.3 is 14.2 Å². The molecule has 6 heteroatoms. The maximum Gasteiger partial charge on any atom is 0.306 e. The second-order valence-corrected chi connectivity index (χ2v) is 22.3. The van der Waals surface area contributed by atoms with Crippen LogP contribution in [0.5, 0.6) is 0 Å². The van der Waals surface area contributed by atoms with Crippen LogP contribution in [0.3, 0.4) is 0 Å². The molecule has 82 heavy (non-hydrogen) atoms. The summed E-state index contributed by atoms with van der Waals surface area (Å²) in [4.78, 5) is 38.4. The molecule has 0 aliphatic carbocycles. The van der Waals surface area contributed by atoms with Gasteiger partial charge in [-0.15, -0.1) is 0 Å². The van der Waals surface area contributed by atoms with Crippen molar-refractivity contribution < 1.29 is 28.6 Å². The van der Waals surface area contributed by atoms with Gasteiger partial charge in [-0.25, -0.2) is 0 Å². The van der Waals surface area contributed by atoms with Gasteiger partial charge in [-0.2, -0.15) is 0 Å². The highest BCUT2D eigenvalue weighted by Gasteiger charge is 2.19. The Morgan fingerprint density at radius 2 is 0.476 bits per heavy atom. The van der Waals surface area contributed by atoms with Crippen molar-refractivity contribution in [2.45, 2.75) is 316 Å². The predicted molar refractivity (Wildman–Crippen MR) is 357 cm³/mol. The highest BCUT2D eigenvalue weighted by atomic mass is 16.6. The van der Waals surface area contributed by atoms with E-state index in [9.17, 15) is 14.4 Å². The molecule has 0 N–H and O–H groups in total. The van der Waals surface area contributed by atoms with Gasteiger partial charge >= 0.3 is 17.9 Å². The fraction of sp³-hybridized carbons (Fsp3) is 0.671. The van der Waals surface area contributed by atoms with E-state index < -0.39 is 6.10 Å². The number of hydrogen-bond acceptors (Lipinski definition) is 6. The van der Waals surface area contributed by atoms with Gasteiger partial charge in [-0.05, 0) is 116 Å². The first-order valence-corrected chi connectivity index (χ1v) is 34.2. The fourth-order valence-corrected chi connectivity index (χ4v) is 9.36. The zero-order chi connectivity index (χ0) is 59.2. The van der Waals surface area contributed by atoms with Gasteiger partial charge in [0.2, 0.25) is 0 Å². The summed E-state index contributed by atoms with van der Waals surface area (Å²) < 4.78 is 16.9. The molecule has 0 saturated heterocycles. The van der Waals surface area contributed by atoms with E-state index in [0.717, 1.165) is 161 Å². The number of hydrogen-bond donors (Lipinski definition) is 0. The quantitative estimate of drug-likeness (QED) is 0.0261. The molecule has 0 aromatic carbocycles. The first kappa shape index (κ1) is 77.5. The number of allylic oxidation sites excluding steroid dienone is 22. The Morgan fingerprint density at radius 1 is 0.256 bits per heavy atom. The van der Waals surface area contributed by atoms with Crippen LogP contribution >= 0.6 is 0 Å². The Bertz CT molecular complexity index is 1730. The largest absolute Gasteiger partial charge is 0.462 e. The lowest BCUT2D eigenvalue weighted by molar-refractivity contribution is -0.167. The lowest BCUT2D eigenvalue weighted by atomic mass is 10.0. The highest BCUT2D eigenvalue weighted by molar-refractivity contribution is 5.71. The monoisotopic (exact) mass is 1130 g/mol. The van der Waals surface area contributed by atoms with E-state index in [4.69, 9.17) is 14.2 Å². The Hall–Kier alpha value is -4.45. The van der Waals surface area contributed by atoms with Crippen molar-refractivity contribution in [1.82, 2.24) is 0 Å². The minimum absolute atomic E-state index is 0.0979. The van der Waals surface area contributed by atoms with Crippen molar-refractivity contribution in [2.24, 2.45) is 0 Å². The van der Waals surface area contributed by atoms with Crippen LogP contribution in [0.2, 0.25) is 0 Å². The number of unbranched alkanes of at least 4 members (excludes halogenated alkanes) is 28. The maximum absolute atomic E-state index is 13.0. The van der Waals surface area contributed by atoms with Crippen molar-refractivity contribution in [2.75, 3.05) is 13.2 Å². The van der Waals surface area contributed by atoms with Gasteiger partial charge in [-0.1, -0.05) is 309 Å². The minimum Gasteiger partial charge on any atom is -0.462 e. The van der Waals surface area contributed by atoms with E-state index in [1.54, 1.807) is 0 Å². The van der Waals surface area contributed by atoms with Gasteiger partial charge in [0, 0.05) is 19.3 Å². The Morgan fingerprint density at radius 3 is 0.744 bits per heavy atom. The van der Waals surface area contributed by atoms with E-state index in [-0.39, 0.29) is 31.1 Å². The van der Waals surface area contributed by atoms with Gasteiger partial charge in [0.15, 0.2) is 6.10 Å². The molecule has 0 saturated carbocycles. The van der Waals surface area contributed by atoms with Crippen LogP contribution in [0.25, 0.3) is 0 Å². The van der Waals surface area contributed by atoms with Crippen molar-refractivity contribution >= 4 is 17.9 Å². The highest BCUT2D eigenvalue weighted by Crippen LogP contribution is 2.17. The van der Waals surface area contributed by atoms with Crippen LogP contribution in [0.4, 0.5) is 0 Å². The molecule has 1 unspecified atom stereocenters. The summed E-state index contributed by atoms with van der Waals surface area (Å²) in [6, 6.07) is 0. The number of carbonyl (C=O) groups is 3. The van der Waals surface area contributed by atoms with Gasteiger partial charge in [0.05, 0.1) is 0 Å². The Labute approximate surface area is 506 Å². The molecule has 0 bridgehead atoms. The molecule has 1 atom stereocenters. The van der Waals surface area contributed by atoms with Crippen molar-refractivity contribution in [1.29, 1.82) is 0 Å². The minimum atomic E-state index is -0.802. The predicted octanol–water partition coefficient (Wildman–Crippen LogP) is 23.7. The summed E-state index contributed by atoms with van der Waals surface area (Å²) in [6.45, 7) is 6.41. The average Bonchev–Trinajstić information content (AvgIpc) is 3.47.